The topological polar surface area (TPSA) is 98.2 Å². The number of rotatable bonds is 2. The van der Waals surface area contributed by atoms with Gasteiger partial charge in [0.1, 0.15) is 0 Å². The van der Waals surface area contributed by atoms with Crippen LogP contribution in [0.1, 0.15) is 17.3 Å². The van der Waals surface area contributed by atoms with Gasteiger partial charge in [-0.05, 0) is 0 Å². The van der Waals surface area contributed by atoms with Crippen molar-refractivity contribution in [2.45, 2.75) is 6.92 Å². The van der Waals surface area contributed by atoms with Gasteiger partial charge >= 0.3 is 11.7 Å². The number of carbonyl (C=O) groups is 2. The summed E-state index contributed by atoms with van der Waals surface area (Å²) >= 11 is 0. The molecule has 1 heterocycles. The van der Waals surface area contributed by atoms with Gasteiger partial charge in [0.15, 0.2) is 6.29 Å². The second kappa shape index (κ2) is 3.69. The van der Waals surface area contributed by atoms with Gasteiger partial charge in [0.05, 0.1) is 11.8 Å². The first-order valence-electron chi connectivity index (χ1n) is 3.54. The van der Waals surface area contributed by atoms with E-state index in [-0.39, 0.29) is 11.8 Å². The maximum absolute atomic E-state index is 11.0. The Hall–Kier alpha value is -2.18. The summed E-state index contributed by atoms with van der Waals surface area (Å²) in [6.45, 7) is 1.08. The van der Waals surface area contributed by atoms with Gasteiger partial charge < -0.3 is 4.84 Å². The van der Waals surface area contributed by atoms with Crippen LogP contribution in [0.15, 0.2) is 15.8 Å². The highest BCUT2D eigenvalue weighted by Crippen LogP contribution is 1.80. The molecule has 74 valence electrons. The molecule has 7 heteroatoms. The lowest BCUT2D eigenvalue weighted by molar-refractivity contribution is -0.142. The molecule has 0 radical (unpaired) electrons. The van der Waals surface area contributed by atoms with Crippen LogP contribution in [0.3, 0.4) is 0 Å². The van der Waals surface area contributed by atoms with Crippen molar-refractivity contribution < 1.29 is 14.4 Å². The number of H-pyrrole nitrogens is 1. The third-order valence-corrected chi connectivity index (χ3v) is 1.29. The average molecular weight is 198 g/mol. The largest absolute Gasteiger partial charge is 0.361 e. The van der Waals surface area contributed by atoms with E-state index >= 15 is 0 Å². The van der Waals surface area contributed by atoms with Gasteiger partial charge in [-0.15, -0.1) is 4.73 Å². The molecule has 0 aliphatic heterocycles. The molecule has 7 nitrogen and oxygen atoms in total. The minimum Gasteiger partial charge on any atom is -0.333 e. The van der Waals surface area contributed by atoms with Crippen molar-refractivity contribution in [3.63, 3.8) is 0 Å². The zero-order valence-electron chi connectivity index (χ0n) is 7.14. The number of hydrogen-bond donors (Lipinski definition) is 1. The molecule has 0 spiro atoms. The predicted molar refractivity (Wildman–Crippen MR) is 44.0 cm³/mol. The molecule has 1 N–H and O–H groups in total. The molecule has 0 aliphatic carbocycles. The molecule has 0 atom stereocenters. The number of aromatic amines is 1. The lowest BCUT2D eigenvalue weighted by atomic mass is 10.4. The Bertz CT molecular complexity index is 484. The quantitative estimate of drug-likeness (QED) is 0.572. The molecule has 1 rings (SSSR count). The third kappa shape index (κ3) is 1.94. The van der Waals surface area contributed by atoms with E-state index < -0.39 is 17.2 Å². The van der Waals surface area contributed by atoms with E-state index in [1.807, 2.05) is 4.98 Å². The molecule has 0 saturated carbocycles. The molecule has 0 fully saturated rings. The first-order valence-corrected chi connectivity index (χ1v) is 3.54. The minimum absolute atomic E-state index is 0.248. The van der Waals surface area contributed by atoms with Crippen molar-refractivity contribution in [1.29, 1.82) is 0 Å². The van der Waals surface area contributed by atoms with E-state index in [1.165, 1.54) is 0 Å². The van der Waals surface area contributed by atoms with Gasteiger partial charge in [0.2, 0.25) is 0 Å². The Kier molecular flexibility index (Phi) is 2.61. The number of carbonyl (C=O) groups excluding carboxylic acids is 2. The number of nitrogens with zero attached hydrogens (tertiary/aromatic N) is 1. The van der Waals surface area contributed by atoms with E-state index in [0.29, 0.717) is 4.73 Å². The molecule has 0 bridgehead atoms. The van der Waals surface area contributed by atoms with E-state index in [0.717, 1.165) is 13.1 Å². The number of nitrogens with one attached hydrogen (secondary N) is 1. The second-order valence-electron chi connectivity index (χ2n) is 2.37. The lowest BCUT2D eigenvalue weighted by Gasteiger charge is -2.02. The van der Waals surface area contributed by atoms with Crippen LogP contribution < -0.4 is 16.1 Å². The van der Waals surface area contributed by atoms with Gasteiger partial charge in [0, 0.05) is 6.92 Å². The molecule has 1 aromatic rings. The van der Waals surface area contributed by atoms with Crippen LogP contribution in [0.5, 0.6) is 0 Å². The normalized spacial score (nSPS) is 9.50. The van der Waals surface area contributed by atoms with Crippen LogP contribution >= 0.6 is 0 Å². The Morgan fingerprint density at radius 2 is 2.21 bits per heavy atom. The summed E-state index contributed by atoms with van der Waals surface area (Å²) in [4.78, 5) is 48.8. The Morgan fingerprint density at radius 1 is 1.57 bits per heavy atom. The summed E-state index contributed by atoms with van der Waals surface area (Å²) in [7, 11) is 0. The summed E-state index contributed by atoms with van der Waals surface area (Å²) in [5.41, 5.74) is -2.05. The van der Waals surface area contributed by atoms with Gasteiger partial charge in [-0.1, -0.05) is 0 Å². The fourth-order valence-electron chi connectivity index (χ4n) is 0.758. The summed E-state index contributed by atoms with van der Waals surface area (Å²) in [6, 6.07) is 0. The standard InChI is InChI=1S/C7H6N2O5/c1-4(11)14-9-2-5(3-10)6(12)8-7(9)13/h2-3H,1H3,(H,8,12,13). The number of aromatic nitrogens is 2. The van der Waals surface area contributed by atoms with E-state index in [2.05, 4.69) is 4.84 Å². The molecule has 14 heavy (non-hydrogen) atoms. The van der Waals surface area contributed by atoms with Crippen LogP contribution in [0.2, 0.25) is 0 Å². The van der Waals surface area contributed by atoms with Gasteiger partial charge in [0.25, 0.3) is 5.56 Å². The van der Waals surface area contributed by atoms with Gasteiger partial charge in [-0.2, -0.15) is 0 Å². The lowest BCUT2D eigenvalue weighted by Crippen LogP contribution is -2.36. The van der Waals surface area contributed by atoms with Crippen LogP contribution in [-0.2, 0) is 4.79 Å². The van der Waals surface area contributed by atoms with Crippen LogP contribution in [0.25, 0.3) is 0 Å². The van der Waals surface area contributed by atoms with E-state index in [4.69, 9.17) is 0 Å². The third-order valence-electron chi connectivity index (χ3n) is 1.29. The highest BCUT2D eigenvalue weighted by atomic mass is 16.7. The Balaban J connectivity index is 3.31. The molecule has 0 aromatic carbocycles. The van der Waals surface area contributed by atoms with Gasteiger partial charge in [-0.3, -0.25) is 14.6 Å². The summed E-state index contributed by atoms with van der Waals surface area (Å²) in [5, 5.41) is 0. The second-order valence-corrected chi connectivity index (χ2v) is 2.37. The first-order chi connectivity index (χ1) is 6.54. The minimum atomic E-state index is -0.921. The van der Waals surface area contributed by atoms with Crippen molar-refractivity contribution in [3.8, 4) is 0 Å². The van der Waals surface area contributed by atoms with E-state index in [1.54, 1.807) is 0 Å². The predicted octanol–water partition coefficient (Wildman–Crippen LogP) is -1.68. The molecule has 0 aliphatic rings. The molecule has 1 aromatic heterocycles. The molecular formula is C7H6N2O5. The van der Waals surface area contributed by atoms with Crippen LogP contribution in [0, 0.1) is 0 Å². The monoisotopic (exact) mass is 198 g/mol. The van der Waals surface area contributed by atoms with Crippen LogP contribution in [0.4, 0.5) is 0 Å². The maximum Gasteiger partial charge on any atom is 0.361 e. The highest BCUT2D eigenvalue weighted by Gasteiger charge is 2.05. The average Bonchev–Trinajstić information content (AvgIpc) is 2.09. The number of hydrogen-bond acceptors (Lipinski definition) is 5. The van der Waals surface area contributed by atoms with E-state index in [9.17, 15) is 19.2 Å². The van der Waals surface area contributed by atoms with Crippen molar-refractivity contribution in [2.75, 3.05) is 0 Å². The van der Waals surface area contributed by atoms with Crippen molar-refractivity contribution in [3.05, 3.63) is 32.6 Å². The molecule has 0 amide bonds. The zero-order chi connectivity index (χ0) is 10.7. The fourth-order valence-corrected chi connectivity index (χ4v) is 0.758. The maximum atomic E-state index is 11.0. The summed E-state index contributed by atoms with van der Waals surface area (Å²) < 4.78 is 0.480. The zero-order valence-corrected chi connectivity index (χ0v) is 7.14. The Morgan fingerprint density at radius 3 is 2.71 bits per heavy atom. The summed E-state index contributed by atoms with van der Waals surface area (Å²) in [6.07, 6.45) is 1.09. The smallest absolute Gasteiger partial charge is 0.333 e. The number of aldehydes is 1. The highest BCUT2D eigenvalue weighted by molar-refractivity contribution is 5.73. The molecule has 0 unspecified atom stereocenters. The fraction of sp³-hybridized carbons (Fsp3) is 0.143. The SMILES string of the molecule is CC(=O)On1cc(C=O)c(=O)[nH]c1=O. The summed E-state index contributed by atoms with van der Waals surface area (Å²) in [5.74, 6) is -0.740. The van der Waals surface area contributed by atoms with Crippen molar-refractivity contribution >= 4 is 12.3 Å². The first kappa shape index (κ1) is 9.90. The van der Waals surface area contributed by atoms with Crippen LogP contribution in [-0.4, -0.2) is 22.0 Å². The van der Waals surface area contributed by atoms with Crippen molar-refractivity contribution in [2.24, 2.45) is 0 Å². The van der Waals surface area contributed by atoms with Gasteiger partial charge in [-0.25, -0.2) is 9.59 Å². The van der Waals surface area contributed by atoms with Crippen molar-refractivity contribution in [1.82, 2.24) is 9.71 Å². The molecular weight excluding hydrogens is 192 g/mol. The molecule has 0 saturated heterocycles. The Labute approximate surface area is 76.9 Å².